The predicted octanol–water partition coefficient (Wildman–Crippen LogP) is 3.75. The highest BCUT2D eigenvalue weighted by Gasteiger charge is 2.32. The van der Waals surface area contributed by atoms with Crippen LogP contribution in [0.1, 0.15) is 22.6 Å². The topological polar surface area (TPSA) is 12.5 Å². The van der Waals surface area contributed by atoms with Crippen LogP contribution in [-0.2, 0) is 11.3 Å². The van der Waals surface area contributed by atoms with Crippen LogP contribution in [0.4, 0.5) is 4.39 Å². The number of halogens is 1. The Hall–Kier alpha value is -1.71. The van der Waals surface area contributed by atoms with Crippen LogP contribution in [0.5, 0.6) is 0 Å². The maximum Gasteiger partial charge on any atom is 0.123 e. The van der Waals surface area contributed by atoms with E-state index in [-0.39, 0.29) is 5.82 Å². The van der Waals surface area contributed by atoms with Gasteiger partial charge in [-0.1, -0.05) is 36.4 Å². The molecule has 0 radical (unpaired) electrons. The van der Waals surface area contributed by atoms with Gasteiger partial charge in [0, 0.05) is 18.5 Å². The summed E-state index contributed by atoms with van der Waals surface area (Å²) in [6, 6.07) is 15.6. The molecule has 3 heteroatoms. The van der Waals surface area contributed by atoms with Gasteiger partial charge in [-0.3, -0.25) is 4.90 Å². The molecule has 1 aliphatic rings. The Bertz CT molecular complexity index is 626. The predicted molar refractivity (Wildman–Crippen MR) is 86.4 cm³/mol. The molecular weight excluding hydrogens is 277 g/mol. The van der Waals surface area contributed by atoms with Crippen molar-refractivity contribution in [1.82, 2.24) is 4.90 Å². The fourth-order valence-corrected chi connectivity index (χ4v) is 3.18. The van der Waals surface area contributed by atoms with Crippen LogP contribution in [-0.4, -0.2) is 31.2 Å². The lowest BCUT2D eigenvalue weighted by Gasteiger charge is -2.29. The summed E-state index contributed by atoms with van der Waals surface area (Å²) in [7, 11) is 2.14. The van der Waals surface area contributed by atoms with Gasteiger partial charge in [-0.2, -0.15) is 0 Å². The van der Waals surface area contributed by atoms with E-state index in [0.717, 1.165) is 18.7 Å². The second-order valence-corrected chi connectivity index (χ2v) is 6.10. The monoisotopic (exact) mass is 299 g/mol. The number of hydrogen-bond donors (Lipinski definition) is 0. The summed E-state index contributed by atoms with van der Waals surface area (Å²) in [6.07, 6.45) is 0. The minimum atomic E-state index is -0.188. The SMILES string of the molecule is Cc1ccccc1CN(C)[C@@H]1COC[C@H]1c1ccc(F)cc1. The van der Waals surface area contributed by atoms with Gasteiger partial charge in [0.1, 0.15) is 5.82 Å². The van der Waals surface area contributed by atoms with Crippen molar-refractivity contribution in [3.05, 3.63) is 71.0 Å². The zero-order chi connectivity index (χ0) is 15.5. The fourth-order valence-electron chi connectivity index (χ4n) is 3.18. The molecule has 1 aliphatic heterocycles. The van der Waals surface area contributed by atoms with Crippen molar-refractivity contribution in [1.29, 1.82) is 0 Å². The normalized spacial score (nSPS) is 21.5. The summed E-state index contributed by atoms with van der Waals surface area (Å²) in [5.41, 5.74) is 3.81. The highest BCUT2D eigenvalue weighted by Crippen LogP contribution is 2.30. The molecule has 2 atom stereocenters. The Morgan fingerprint density at radius 3 is 2.55 bits per heavy atom. The molecule has 0 saturated carbocycles. The maximum atomic E-state index is 13.1. The van der Waals surface area contributed by atoms with Crippen LogP contribution in [0.25, 0.3) is 0 Å². The van der Waals surface area contributed by atoms with Gasteiger partial charge in [0.2, 0.25) is 0 Å². The number of hydrogen-bond acceptors (Lipinski definition) is 2. The number of benzene rings is 2. The average molecular weight is 299 g/mol. The van der Waals surface area contributed by atoms with Crippen LogP contribution in [0, 0.1) is 12.7 Å². The van der Waals surface area contributed by atoms with Crippen molar-refractivity contribution in [2.75, 3.05) is 20.3 Å². The minimum Gasteiger partial charge on any atom is -0.379 e. The largest absolute Gasteiger partial charge is 0.379 e. The molecule has 0 unspecified atom stereocenters. The zero-order valence-electron chi connectivity index (χ0n) is 13.1. The van der Waals surface area contributed by atoms with E-state index in [1.807, 2.05) is 12.1 Å². The summed E-state index contributed by atoms with van der Waals surface area (Å²) >= 11 is 0. The van der Waals surface area contributed by atoms with Gasteiger partial charge in [-0.25, -0.2) is 4.39 Å². The maximum absolute atomic E-state index is 13.1. The van der Waals surface area contributed by atoms with E-state index >= 15 is 0 Å². The van der Waals surface area contributed by atoms with E-state index in [1.54, 1.807) is 0 Å². The Morgan fingerprint density at radius 1 is 1.09 bits per heavy atom. The number of ether oxygens (including phenoxy) is 1. The smallest absolute Gasteiger partial charge is 0.123 e. The van der Waals surface area contributed by atoms with Gasteiger partial charge in [0.15, 0.2) is 0 Å². The average Bonchev–Trinajstić information content (AvgIpc) is 3.00. The molecule has 0 aromatic heterocycles. The summed E-state index contributed by atoms with van der Waals surface area (Å²) in [6.45, 7) is 4.48. The van der Waals surface area contributed by atoms with Crippen molar-refractivity contribution in [2.45, 2.75) is 25.4 Å². The van der Waals surface area contributed by atoms with Crippen molar-refractivity contribution < 1.29 is 9.13 Å². The van der Waals surface area contributed by atoms with E-state index in [1.165, 1.54) is 23.3 Å². The number of rotatable bonds is 4. The third-order valence-electron chi connectivity index (χ3n) is 4.60. The van der Waals surface area contributed by atoms with E-state index in [4.69, 9.17) is 4.74 Å². The molecule has 3 rings (SSSR count). The summed E-state index contributed by atoms with van der Waals surface area (Å²) < 4.78 is 18.8. The van der Waals surface area contributed by atoms with Crippen LogP contribution < -0.4 is 0 Å². The second-order valence-electron chi connectivity index (χ2n) is 6.10. The quantitative estimate of drug-likeness (QED) is 0.852. The van der Waals surface area contributed by atoms with Gasteiger partial charge < -0.3 is 4.74 Å². The molecule has 0 bridgehead atoms. The molecule has 116 valence electrons. The summed E-state index contributed by atoms with van der Waals surface area (Å²) in [5.74, 6) is 0.113. The second kappa shape index (κ2) is 6.59. The van der Waals surface area contributed by atoms with Crippen molar-refractivity contribution in [3.8, 4) is 0 Å². The molecule has 1 heterocycles. The van der Waals surface area contributed by atoms with Crippen molar-refractivity contribution in [2.24, 2.45) is 0 Å². The lowest BCUT2D eigenvalue weighted by molar-refractivity contribution is 0.156. The van der Waals surface area contributed by atoms with Gasteiger partial charge in [-0.05, 0) is 42.8 Å². The van der Waals surface area contributed by atoms with Crippen LogP contribution in [0.3, 0.4) is 0 Å². The van der Waals surface area contributed by atoms with E-state index in [0.29, 0.717) is 18.6 Å². The third-order valence-corrected chi connectivity index (χ3v) is 4.60. The van der Waals surface area contributed by atoms with Gasteiger partial charge in [0.05, 0.1) is 13.2 Å². The lowest BCUT2D eigenvalue weighted by Crippen LogP contribution is -2.36. The number of nitrogens with zero attached hydrogens (tertiary/aromatic N) is 1. The van der Waals surface area contributed by atoms with E-state index in [2.05, 4.69) is 43.1 Å². The summed E-state index contributed by atoms with van der Waals surface area (Å²) in [4.78, 5) is 2.35. The Kier molecular flexibility index (Phi) is 4.55. The zero-order valence-corrected chi connectivity index (χ0v) is 13.1. The molecule has 2 aromatic rings. The molecule has 22 heavy (non-hydrogen) atoms. The van der Waals surface area contributed by atoms with Gasteiger partial charge in [0.25, 0.3) is 0 Å². The molecule has 2 nitrogen and oxygen atoms in total. The first-order valence-corrected chi connectivity index (χ1v) is 7.73. The molecule has 1 saturated heterocycles. The molecular formula is C19H22FNO. The van der Waals surface area contributed by atoms with Crippen molar-refractivity contribution >= 4 is 0 Å². The Balaban J connectivity index is 1.75. The first-order chi connectivity index (χ1) is 10.6. The highest BCUT2D eigenvalue weighted by molar-refractivity contribution is 5.27. The van der Waals surface area contributed by atoms with Crippen LogP contribution >= 0.6 is 0 Å². The van der Waals surface area contributed by atoms with Gasteiger partial charge >= 0.3 is 0 Å². The summed E-state index contributed by atoms with van der Waals surface area (Å²) in [5, 5.41) is 0. The Morgan fingerprint density at radius 2 is 1.82 bits per heavy atom. The highest BCUT2D eigenvalue weighted by atomic mass is 19.1. The van der Waals surface area contributed by atoms with Crippen LogP contribution in [0.15, 0.2) is 48.5 Å². The molecule has 0 amide bonds. The first-order valence-electron chi connectivity index (χ1n) is 7.73. The first kappa shape index (κ1) is 15.2. The molecule has 2 aromatic carbocycles. The third kappa shape index (κ3) is 3.21. The minimum absolute atomic E-state index is 0.188. The van der Waals surface area contributed by atoms with Crippen molar-refractivity contribution in [3.63, 3.8) is 0 Å². The molecule has 0 aliphatic carbocycles. The van der Waals surface area contributed by atoms with E-state index in [9.17, 15) is 4.39 Å². The fraction of sp³-hybridized carbons (Fsp3) is 0.368. The standard InChI is InChI=1S/C19H22FNO/c1-14-5-3-4-6-16(14)11-21(2)19-13-22-12-18(19)15-7-9-17(20)10-8-15/h3-10,18-19H,11-13H2,1-2H3/t18-,19+/m0/s1. The van der Waals surface area contributed by atoms with Gasteiger partial charge in [-0.15, -0.1) is 0 Å². The van der Waals surface area contributed by atoms with Crippen LogP contribution in [0.2, 0.25) is 0 Å². The molecule has 0 spiro atoms. The number of likely N-dealkylation sites (N-methyl/N-ethyl adjacent to an activating group) is 1. The lowest BCUT2D eigenvalue weighted by atomic mass is 9.93. The molecule has 0 N–H and O–H groups in total. The molecule has 1 fully saturated rings. The number of aryl methyl sites for hydroxylation is 1. The van der Waals surface area contributed by atoms with E-state index < -0.39 is 0 Å². The Labute approximate surface area is 131 Å².